The third-order valence-electron chi connectivity index (χ3n) is 2.39. The third-order valence-corrected chi connectivity index (χ3v) is 2.39. The van der Waals surface area contributed by atoms with Gasteiger partial charge >= 0.3 is 6.98 Å². The molecule has 72 valence electrons. The molecule has 1 nitrogen and oxygen atoms in total. The van der Waals surface area contributed by atoms with Crippen molar-refractivity contribution in [3.8, 4) is 0 Å². The highest BCUT2D eigenvalue weighted by atomic mass is 19.4. The van der Waals surface area contributed by atoms with Crippen LogP contribution in [0.2, 0.25) is 0 Å². The van der Waals surface area contributed by atoms with E-state index in [1.807, 2.05) is 0 Å². The molecule has 0 radical (unpaired) electrons. The van der Waals surface area contributed by atoms with Crippen LogP contribution in [0.25, 0.3) is 0 Å². The van der Waals surface area contributed by atoms with E-state index in [0.717, 1.165) is 25.7 Å². The molecule has 0 bridgehead atoms. The van der Waals surface area contributed by atoms with E-state index >= 15 is 0 Å². The van der Waals surface area contributed by atoms with Gasteiger partial charge in [-0.1, -0.05) is 6.42 Å². The summed E-state index contributed by atoms with van der Waals surface area (Å²) in [4.78, 5) is 0. The fourth-order valence-corrected chi connectivity index (χ4v) is 1.72. The molecular formula is C7H15BF3N. The maximum absolute atomic E-state index is 11.8. The van der Waals surface area contributed by atoms with Crippen LogP contribution in [0, 0.1) is 0 Å². The highest BCUT2D eigenvalue weighted by Gasteiger charge is 2.28. The quantitative estimate of drug-likeness (QED) is 0.631. The lowest BCUT2D eigenvalue weighted by Crippen LogP contribution is -2.93. The molecule has 0 aromatic heterocycles. The molecule has 12 heavy (non-hydrogen) atoms. The Kier molecular flexibility index (Phi) is 3.44. The lowest BCUT2D eigenvalue weighted by atomic mass is 9.89. The Hall–Kier alpha value is -0.185. The summed E-state index contributed by atoms with van der Waals surface area (Å²) >= 11 is 0. The Morgan fingerprint density at radius 3 is 2.17 bits per heavy atom. The van der Waals surface area contributed by atoms with Crippen LogP contribution in [0.5, 0.6) is 0 Å². The topological polar surface area (TPSA) is 16.6 Å². The van der Waals surface area contributed by atoms with Crippen molar-refractivity contribution in [2.75, 3.05) is 6.44 Å². The predicted molar refractivity (Wildman–Crippen MR) is 42.7 cm³/mol. The van der Waals surface area contributed by atoms with Gasteiger partial charge in [-0.3, -0.25) is 0 Å². The Balaban J connectivity index is 2.13. The number of rotatable bonds is 3. The predicted octanol–water partition coefficient (Wildman–Crippen LogP) is 1.27. The monoisotopic (exact) mass is 181 g/mol. The van der Waals surface area contributed by atoms with Crippen molar-refractivity contribution in [3.05, 3.63) is 0 Å². The molecule has 2 N–H and O–H groups in total. The maximum atomic E-state index is 11.8. The standard InChI is InChI=1S/C7H14BF3N/c9-8(10,11)6-12-7-4-2-1-3-5-7/h7,12H,1-6H2/q-1/p+1. The van der Waals surface area contributed by atoms with Crippen LogP contribution in [0.3, 0.4) is 0 Å². The van der Waals surface area contributed by atoms with Crippen molar-refractivity contribution in [2.45, 2.75) is 38.1 Å². The normalized spacial score (nSPS) is 21.2. The van der Waals surface area contributed by atoms with Crippen LogP contribution in [0.15, 0.2) is 0 Å². The van der Waals surface area contributed by atoms with E-state index in [4.69, 9.17) is 0 Å². The van der Waals surface area contributed by atoms with Gasteiger partial charge in [-0.05, 0) is 25.7 Å². The fourth-order valence-electron chi connectivity index (χ4n) is 1.72. The van der Waals surface area contributed by atoms with E-state index in [1.54, 1.807) is 0 Å². The molecule has 0 atom stereocenters. The molecule has 1 rings (SSSR count). The van der Waals surface area contributed by atoms with Crippen LogP contribution in [-0.2, 0) is 0 Å². The smallest absolute Gasteiger partial charge is 0.445 e. The molecule has 1 aliphatic rings. The fraction of sp³-hybridized carbons (Fsp3) is 1.00. The second-order valence-electron chi connectivity index (χ2n) is 3.58. The molecule has 5 heteroatoms. The minimum atomic E-state index is -4.58. The molecule has 0 aromatic rings. The highest BCUT2D eigenvalue weighted by Crippen LogP contribution is 2.15. The summed E-state index contributed by atoms with van der Waals surface area (Å²) in [6.07, 6.45) is 4.68. The van der Waals surface area contributed by atoms with Gasteiger partial charge < -0.3 is 18.3 Å². The van der Waals surface area contributed by atoms with Gasteiger partial charge in [-0.25, -0.2) is 0 Å². The summed E-state index contributed by atoms with van der Waals surface area (Å²) in [5.74, 6) is 0. The van der Waals surface area contributed by atoms with Gasteiger partial charge in [0.05, 0.1) is 6.04 Å². The summed E-state index contributed by atoms with van der Waals surface area (Å²) in [5.41, 5.74) is 0. The van der Waals surface area contributed by atoms with Crippen molar-refractivity contribution in [2.24, 2.45) is 0 Å². The number of hydrogen-bond acceptors (Lipinski definition) is 0. The van der Waals surface area contributed by atoms with Crippen LogP contribution >= 0.6 is 0 Å². The molecule has 0 saturated heterocycles. The van der Waals surface area contributed by atoms with Crippen molar-refractivity contribution in [3.63, 3.8) is 0 Å². The number of hydrogen-bond donors (Lipinski definition) is 1. The van der Waals surface area contributed by atoms with Gasteiger partial charge in [-0.15, -0.1) is 0 Å². The first kappa shape index (κ1) is 9.90. The molecule has 1 aliphatic carbocycles. The van der Waals surface area contributed by atoms with Gasteiger partial charge in [0.1, 0.15) is 0 Å². The zero-order valence-corrected chi connectivity index (χ0v) is 7.11. The van der Waals surface area contributed by atoms with E-state index in [0.29, 0.717) is 0 Å². The van der Waals surface area contributed by atoms with E-state index in [2.05, 4.69) is 0 Å². The Morgan fingerprint density at radius 2 is 1.67 bits per heavy atom. The summed E-state index contributed by atoms with van der Waals surface area (Å²) in [6, 6.07) is 0.238. The van der Waals surface area contributed by atoms with E-state index in [9.17, 15) is 12.9 Å². The molecule has 0 spiro atoms. The molecule has 0 unspecified atom stereocenters. The highest BCUT2D eigenvalue weighted by molar-refractivity contribution is 6.58. The molecule has 0 amide bonds. The number of nitrogens with two attached hydrogens (primary N) is 1. The van der Waals surface area contributed by atoms with Crippen LogP contribution in [0.1, 0.15) is 32.1 Å². The van der Waals surface area contributed by atoms with Crippen molar-refractivity contribution in [1.82, 2.24) is 0 Å². The molecular weight excluding hydrogens is 166 g/mol. The summed E-state index contributed by atoms with van der Waals surface area (Å²) in [6.45, 7) is -4.58. The molecule has 1 saturated carbocycles. The molecule has 0 aliphatic heterocycles. The number of halogens is 3. The summed E-state index contributed by atoms with van der Waals surface area (Å²) < 4.78 is 35.5. The Bertz CT molecular complexity index is 131. The van der Waals surface area contributed by atoms with Crippen LogP contribution in [-0.4, -0.2) is 19.5 Å². The minimum absolute atomic E-state index is 0.238. The number of quaternary nitrogens is 1. The van der Waals surface area contributed by atoms with Gasteiger partial charge in [0.2, 0.25) is 0 Å². The van der Waals surface area contributed by atoms with Gasteiger partial charge in [-0.2, -0.15) is 0 Å². The van der Waals surface area contributed by atoms with Crippen molar-refractivity contribution in [1.29, 1.82) is 0 Å². The average molecular weight is 181 g/mol. The first-order chi connectivity index (χ1) is 5.58. The van der Waals surface area contributed by atoms with Gasteiger partial charge in [0.15, 0.2) is 0 Å². The van der Waals surface area contributed by atoms with Gasteiger partial charge in [0.25, 0.3) is 0 Å². The summed E-state index contributed by atoms with van der Waals surface area (Å²) in [5, 5.41) is 1.47. The zero-order valence-electron chi connectivity index (χ0n) is 7.11. The Morgan fingerprint density at radius 1 is 1.08 bits per heavy atom. The van der Waals surface area contributed by atoms with Crippen molar-refractivity contribution >= 4 is 6.98 Å². The zero-order chi connectivity index (χ0) is 9.03. The minimum Gasteiger partial charge on any atom is -0.445 e. The first-order valence-electron chi connectivity index (χ1n) is 4.62. The van der Waals surface area contributed by atoms with Crippen molar-refractivity contribution < 1.29 is 18.3 Å². The summed E-state index contributed by atoms with van der Waals surface area (Å²) in [7, 11) is 0. The SMILES string of the molecule is F[B-](F)(F)C[NH2+]C1CCCCC1. The molecule has 0 heterocycles. The van der Waals surface area contributed by atoms with Gasteiger partial charge in [0, 0.05) is 6.44 Å². The first-order valence-corrected chi connectivity index (χ1v) is 4.62. The largest absolute Gasteiger partial charge is 0.531 e. The maximum Gasteiger partial charge on any atom is 0.531 e. The van der Waals surface area contributed by atoms with E-state index in [-0.39, 0.29) is 6.04 Å². The van der Waals surface area contributed by atoms with Crippen LogP contribution in [0.4, 0.5) is 12.9 Å². The second kappa shape index (κ2) is 4.17. The lowest BCUT2D eigenvalue weighted by Gasteiger charge is -2.22. The molecule has 1 fully saturated rings. The van der Waals surface area contributed by atoms with E-state index < -0.39 is 13.4 Å². The van der Waals surface area contributed by atoms with Crippen LogP contribution < -0.4 is 5.32 Å². The average Bonchev–Trinajstić information content (AvgIpc) is 2.02. The molecule has 0 aromatic carbocycles. The van der Waals surface area contributed by atoms with E-state index in [1.165, 1.54) is 11.7 Å². The Labute approximate surface area is 70.8 Å². The lowest BCUT2D eigenvalue weighted by molar-refractivity contribution is -0.681. The third kappa shape index (κ3) is 4.00. The second-order valence-corrected chi connectivity index (χ2v) is 3.58.